The van der Waals surface area contributed by atoms with Gasteiger partial charge in [0, 0.05) is 11.1 Å². The quantitative estimate of drug-likeness (QED) is 0.608. The number of ketones is 1. The van der Waals surface area contributed by atoms with Crippen LogP contribution in [0.2, 0.25) is 0 Å². The van der Waals surface area contributed by atoms with Crippen molar-refractivity contribution in [1.29, 1.82) is 0 Å². The van der Waals surface area contributed by atoms with Gasteiger partial charge in [-0.25, -0.2) is 9.97 Å². The van der Waals surface area contributed by atoms with Crippen LogP contribution < -0.4 is 0 Å². The Morgan fingerprint density at radius 2 is 1.61 bits per heavy atom. The number of carbonyl (C=O) groups is 1. The summed E-state index contributed by atoms with van der Waals surface area (Å²) in [6, 6.07) is 12.8. The Kier molecular flexibility index (Phi) is 3.89. The maximum atomic E-state index is 12.8. The Morgan fingerprint density at radius 3 is 2.26 bits per heavy atom. The summed E-state index contributed by atoms with van der Waals surface area (Å²) in [5, 5.41) is 0. The Bertz CT molecular complexity index is 895. The van der Waals surface area contributed by atoms with Gasteiger partial charge in [-0.3, -0.25) is 4.79 Å². The van der Waals surface area contributed by atoms with Gasteiger partial charge in [-0.05, 0) is 34.1 Å². The van der Waals surface area contributed by atoms with Crippen LogP contribution in [0.25, 0.3) is 11.0 Å². The van der Waals surface area contributed by atoms with Crippen molar-refractivity contribution in [2.45, 2.75) is 6.18 Å². The molecule has 3 aromatic rings. The van der Waals surface area contributed by atoms with Gasteiger partial charge in [-0.1, -0.05) is 30.3 Å². The van der Waals surface area contributed by atoms with E-state index in [0.717, 1.165) is 0 Å². The molecule has 0 aliphatic rings. The molecule has 0 saturated carbocycles. The molecule has 0 N–H and O–H groups in total. The molecule has 7 heteroatoms. The second kappa shape index (κ2) is 5.73. The van der Waals surface area contributed by atoms with Crippen LogP contribution in [0.1, 0.15) is 21.6 Å². The molecule has 0 fully saturated rings. The topological polar surface area (TPSA) is 42.9 Å². The van der Waals surface area contributed by atoms with Gasteiger partial charge < -0.3 is 0 Å². The molecule has 0 aliphatic carbocycles. The molecule has 3 nitrogen and oxygen atoms in total. The highest BCUT2D eigenvalue weighted by Crippen LogP contribution is 2.33. The first-order valence-electron chi connectivity index (χ1n) is 6.50. The van der Waals surface area contributed by atoms with E-state index >= 15 is 0 Å². The van der Waals surface area contributed by atoms with Gasteiger partial charge in [0.25, 0.3) is 0 Å². The van der Waals surface area contributed by atoms with Crippen molar-refractivity contribution in [3.8, 4) is 0 Å². The minimum absolute atomic E-state index is 0.0742. The second-order valence-electron chi connectivity index (χ2n) is 4.76. The van der Waals surface area contributed by atoms with Crippen molar-refractivity contribution in [2.75, 3.05) is 0 Å². The number of aromatic nitrogens is 2. The summed E-state index contributed by atoms with van der Waals surface area (Å²) >= 11 is 2.78. The van der Waals surface area contributed by atoms with Crippen molar-refractivity contribution in [1.82, 2.24) is 9.97 Å². The average molecular weight is 381 g/mol. The molecule has 116 valence electrons. The largest absolute Gasteiger partial charge is 0.436 e. The van der Waals surface area contributed by atoms with E-state index < -0.39 is 16.5 Å². The Morgan fingerprint density at radius 1 is 0.913 bits per heavy atom. The molecule has 0 amide bonds. The van der Waals surface area contributed by atoms with Crippen LogP contribution in [-0.2, 0) is 6.18 Å². The summed E-state index contributed by atoms with van der Waals surface area (Å²) in [5.74, 6) is -0.231. The minimum Gasteiger partial charge on any atom is -0.289 e. The van der Waals surface area contributed by atoms with E-state index in [-0.39, 0.29) is 16.8 Å². The highest BCUT2D eigenvalue weighted by molar-refractivity contribution is 9.10. The van der Waals surface area contributed by atoms with Gasteiger partial charge in [0.15, 0.2) is 11.5 Å². The van der Waals surface area contributed by atoms with Gasteiger partial charge in [0.1, 0.15) is 4.60 Å². The molecule has 0 radical (unpaired) electrons. The zero-order valence-corrected chi connectivity index (χ0v) is 13.0. The molecular weight excluding hydrogens is 373 g/mol. The first kappa shape index (κ1) is 15.6. The van der Waals surface area contributed by atoms with Crippen LogP contribution in [0.15, 0.2) is 53.1 Å². The molecule has 3 rings (SSSR count). The fraction of sp³-hybridized carbons (Fsp3) is 0.0625. The molecule has 1 aromatic heterocycles. The summed E-state index contributed by atoms with van der Waals surface area (Å²) in [6.07, 6.45) is -4.60. The van der Waals surface area contributed by atoms with Crippen molar-refractivity contribution in [3.63, 3.8) is 0 Å². The predicted octanol–water partition coefficient (Wildman–Crippen LogP) is 4.64. The smallest absolute Gasteiger partial charge is 0.289 e. The fourth-order valence-electron chi connectivity index (χ4n) is 2.11. The monoisotopic (exact) mass is 380 g/mol. The van der Waals surface area contributed by atoms with Crippen molar-refractivity contribution in [2.24, 2.45) is 0 Å². The zero-order valence-electron chi connectivity index (χ0n) is 11.4. The molecule has 0 saturated heterocycles. The van der Waals surface area contributed by atoms with E-state index in [1.54, 1.807) is 30.3 Å². The van der Waals surface area contributed by atoms with E-state index in [2.05, 4.69) is 25.9 Å². The van der Waals surface area contributed by atoms with E-state index in [9.17, 15) is 18.0 Å². The average Bonchev–Trinajstić information content (AvgIpc) is 2.52. The minimum atomic E-state index is -4.60. The summed E-state index contributed by atoms with van der Waals surface area (Å²) in [6.45, 7) is 0. The van der Waals surface area contributed by atoms with Crippen LogP contribution in [0, 0.1) is 0 Å². The SMILES string of the molecule is O=C(c1ccccc1)c1ccc2nc(C(F)(F)F)c(Br)nc2c1. The molecule has 1 heterocycles. The van der Waals surface area contributed by atoms with Crippen molar-refractivity contribution in [3.05, 3.63) is 70.0 Å². The van der Waals surface area contributed by atoms with E-state index in [1.165, 1.54) is 18.2 Å². The predicted molar refractivity (Wildman–Crippen MR) is 82.1 cm³/mol. The molecule has 23 heavy (non-hydrogen) atoms. The highest BCUT2D eigenvalue weighted by atomic mass is 79.9. The van der Waals surface area contributed by atoms with Gasteiger partial charge in [0.2, 0.25) is 0 Å². The lowest BCUT2D eigenvalue weighted by Crippen LogP contribution is -2.10. The number of rotatable bonds is 2. The van der Waals surface area contributed by atoms with Gasteiger partial charge in [-0.2, -0.15) is 13.2 Å². The third-order valence-corrected chi connectivity index (χ3v) is 3.74. The maximum absolute atomic E-state index is 12.8. The molecular formula is C16H8BrF3N2O. The Hall–Kier alpha value is -2.28. The third-order valence-electron chi connectivity index (χ3n) is 3.19. The van der Waals surface area contributed by atoms with E-state index in [0.29, 0.717) is 11.1 Å². The number of carbonyl (C=O) groups excluding carboxylic acids is 1. The summed E-state index contributed by atoms with van der Waals surface area (Å²) in [5.41, 5.74) is 0.0272. The van der Waals surface area contributed by atoms with Gasteiger partial charge in [0.05, 0.1) is 11.0 Å². The van der Waals surface area contributed by atoms with Crippen LogP contribution in [0.4, 0.5) is 13.2 Å². The number of halogens is 4. The first-order chi connectivity index (χ1) is 10.9. The van der Waals surface area contributed by atoms with Crippen molar-refractivity contribution >= 4 is 32.7 Å². The van der Waals surface area contributed by atoms with Crippen molar-refractivity contribution < 1.29 is 18.0 Å². The molecule has 0 atom stereocenters. The molecule has 0 unspecified atom stereocenters. The van der Waals surface area contributed by atoms with Crippen LogP contribution in [-0.4, -0.2) is 15.8 Å². The highest BCUT2D eigenvalue weighted by Gasteiger charge is 2.36. The van der Waals surface area contributed by atoms with Crippen LogP contribution >= 0.6 is 15.9 Å². The number of benzene rings is 2. The van der Waals surface area contributed by atoms with E-state index in [1.807, 2.05) is 0 Å². The number of hydrogen-bond donors (Lipinski definition) is 0. The normalized spacial score (nSPS) is 11.7. The number of alkyl halides is 3. The molecule has 0 bridgehead atoms. The van der Waals surface area contributed by atoms with Crippen LogP contribution in [0.5, 0.6) is 0 Å². The lowest BCUT2D eigenvalue weighted by Gasteiger charge is -2.09. The summed E-state index contributed by atoms with van der Waals surface area (Å²) in [7, 11) is 0. The Balaban J connectivity index is 2.08. The lowest BCUT2D eigenvalue weighted by molar-refractivity contribution is -0.141. The number of hydrogen-bond acceptors (Lipinski definition) is 3. The van der Waals surface area contributed by atoms with Gasteiger partial charge in [-0.15, -0.1) is 0 Å². The standard InChI is InChI=1S/C16H8BrF3N2O/c17-15-14(16(18,19)20)21-11-7-6-10(8-12(11)22-15)13(23)9-4-2-1-3-5-9/h1-8H. The first-order valence-corrected chi connectivity index (χ1v) is 7.30. The molecule has 0 aliphatic heterocycles. The van der Waals surface area contributed by atoms with E-state index in [4.69, 9.17) is 0 Å². The third kappa shape index (κ3) is 3.10. The number of nitrogens with zero attached hydrogens (tertiary/aromatic N) is 2. The van der Waals surface area contributed by atoms with Gasteiger partial charge >= 0.3 is 6.18 Å². The second-order valence-corrected chi connectivity index (χ2v) is 5.51. The zero-order chi connectivity index (χ0) is 16.6. The summed E-state index contributed by atoms with van der Waals surface area (Å²) < 4.78 is 38.1. The maximum Gasteiger partial charge on any atom is 0.436 e. The fourth-order valence-corrected chi connectivity index (χ4v) is 2.62. The molecule has 2 aromatic carbocycles. The Labute approximate surface area is 137 Å². The van der Waals surface area contributed by atoms with Crippen LogP contribution in [0.3, 0.4) is 0 Å². The lowest BCUT2D eigenvalue weighted by atomic mass is 10.0. The summed E-state index contributed by atoms with van der Waals surface area (Å²) in [4.78, 5) is 19.8. The molecule has 0 spiro atoms. The number of fused-ring (bicyclic) bond motifs is 1.